The monoisotopic (exact) mass is 316 g/mol. The van der Waals surface area contributed by atoms with Crippen molar-refractivity contribution < 1.29 is 4.79 Å². The van der Waals surface area contributed by atoms with E-state index in [4.69, 9.17) is 0 Å². The van der Waals surface area contributed by atoms with E-state index in [1.807, 2.05) is 0 Å². The molecule has 3 N–H and O–H groups in total. The van der Waals surface area contributed by atoms with E-state index in [2.05, 4.69) is 15.6 Å². The molecule has 1 atom stereocenters. The van der Waals surface area contributed by atoms with Crippen LogP contribution in [0.25, 0.3) is 10.9 Å². The summed E-state index contributed by atoms with van der Waals surface area (Å²) >= 11 is 0. The quantitative estimate of drug-likeness (QED) is 0.712. The lowest BCUT2D eigenvalue weighted by Crippen LogP contribution is -2.41. The molecule has 1 unspecified atom stereocenters. The molecule has 1 fully saturated rings. The Bertz CT molecular complexity index is 818. The van der Waals surface area contributed by atoms with Gasteiger partial charge in [0.25, 0.3) is 5.56 Å². The van der Waals surface area contributed by atoms with E-state index in [-0.39, 0.29) is 12.5 Å². The number of aromatic amines is 1. The lowest BCUT2D eigenvalue weighted by Gasteiger charge is -2.10. The van der Waals surface area contributed by atoms with Crippen molar-refractivity contribution in [3.05, 3.63) is 45.1 Å². The summed E-state index contributed by atoms with van der Waals surface area (Å²) in [6, 6.07) is 6.77. The molecule has 0 aliphatic carbocycles. The molecule has 1 aromatic carbocycles. The Hall–Kier alpha value is -2.41. The van der Waals surface area contributed by atoms with Crippen molar-refractivity contribution in [2.75, 3.05) is 19.6 Å². The average Bonchev–Trinajstić information content (AvgIpc) is 3.05. The largest absolute Gasteiger partial charge is 0.355 e. The second-order valence-corrected chi connectivity index (χ2v) is 5.86. The maximum absolute atomic E-state index is 12.3. The van der Waals surface area contributed by atoms with Crippen LogP contribution in [-0.4, -0.2) is 35.1 Å². The molecule has 1 amide bonds. The van der Waals surface area contributed by atoms with E-state index in [0.717, 1.165) is 30.5 Å². The van der Waals surface area contributed by atoms with Gasteiger partial charge in [-0.25, -0.2) is 4.79 Å². The van der Waals surface area contributed by atoms with Gasteiger partial charge in [-0.2, -0.15) is 0 Å². The fourth-order valence-electron chi connectivity index (χ4n) is 2.92. The summed E-state index contributed by atoms with van der Waals surface area (Å²) in [5, 5.41) is 6.46. The van der Waals surface area contributed by atoms with Crippen molar-refractivity contribution in [2.45, 2.75) is 19.4 Å². The van der Waals surface area contributed by atoms with Gasteiger partial charge in [0.15, 0.2) is 0 Å². The van der Waals surface area contributed by atoms with Crippen LogP contribution >= 0.6 is 0 Å². The lowest BCUT2D eigenvalue weighted by molar-refractivity contribution is -0.121. The minimum atomic E-state index is -0.566. The Morgan fingerprint density at radius 1 is 1.30 bits per heavy atom. The Labute approximate surface area is 132 Å². The van der Waals surface area contributed by atoms with Crippen LogP contribution in [-0.2, 0) is 11.3 Å². The van der Waals surface area contributed by atoms with Gasteiger partial charge in [-0.1, -0.05) is 12.1 Å². The maximum atomic E-state index is 12.3. The zero-order valence-corrected chi connectivity index (χ0v) is 12.8. The van der Waals surface area contributed by atoms with Gasteiger partial charge < -0.3 is 15.6 Å². The summed E-state index contributed by atoms with van der Waals surface area (Å²) in [7, 11) is 0. The van der Waals surface area contributed by atoms with E-state index < -0.39 is 11.2 Å². The smallest absolute Gasteiger partial charge is 0.329 e. The zero-order valence-electron chi connectivity index (χ0n) is 12.8. The fourth-order valence-corrected chi connectivity index (χ4v) is 2.92. The van der Waals surface area contributed by atoms with Crippen LogP contribution in [0.5, 0.6) is 0 Å². The lowest BCUT2D eigenvalue weighted by atomic mass is 10.1. The molecular formula is C16H20N4O3. The van der Waals surface area contributed by atoms with Gasteiger partial charge in [0.2, 0.25) is 5.91 Å². The van der Waals surface area contributed by atoms with Crippen molar-refractivity contribution >= 4 is 16.8 Å². The van der Waals surface area contributed by atoms with E-state index in [0.29, 0.717) is 23.4 Å². The molecule has 7 heteroatoms. The third kappa shape index (κ3) is 3.50. The van der Waals surface area contributed by atoms with Crippen LogP contribution in [0.1, 0.15) is 12.8 Å². The van der Waals surface area contributed by atoms with Crippen molar-refractivity contribution in [2.24, 2.45) is 5.92 Å². The number of nitrogens with one attached hydrogen (secondary N) is 3. The molecule has 2 aromatic rings. The molecule has 1 saturated heterocycles. The van der Waals surface area contributed by atoms with Crippen LogP contribution < -0.4 is 21.9 Å². The van der Waals surface area contributed by atoms with Gasteiger partial charge in [0, 0.05) is 6.54 Å². The van der Waals surface area contributed by atoms with Crippen LogP contribution in [0.15, 0.2) is 33.9 Å². The molecular weight excluding hydrogens is 296 g/mol. The van der Waals surface area contributed by atoms with E-state index in [1.165, 1.54) is 0 Å². The van der Waals surface area contributed by atoms with E-state index in [9.17, 15) is 14.4 Å². The Morgan fingerprint density at radius 2 is 2.13 bits per heavy atom. The number of hydrogen-bond acceptors (Lipinski definition) is 4. The summed E-state index contributed by atoms with van der Waals surface area (Å²) < 4.78 is 0.939. The van der Waals surface area contributed by atoms with Crippen LogP contribution in [0, 0.1) is 5.92 Å². The average molecular weight is 316 g/mol. The highest BCUT2D eigenvalue weighted by Gasteiger charge is 2.15. The van der Waals surface area contributed by atoms with E-state index >= 15 is 0 Å². The van der Waals surface area contributed by atoms with Gasteiger partial charge in [-0.15, -0.1) is 0 Å². The molecule has 0 radical (unpaired) electrons. The molecule has 7 nitrogen and oxygen atoms in total. The van der Waals surface area contributed by atoms with Crippen molar-refractivity contribution in [3.63, 3.8) is 0 Å². The summed E-state index contributed by atoms with van der Waals surface area (Å²) in [6.07, 6.45) is 2.03. The van der Waals surface area contributed by atoms with Crippen molar-refractivity contribution in [1.82, 2.24) is 20.2 Å². The summed E-state index contributed by atoms with van der Waals surface area (Å²) in [6.45, 7) is 2.31. The summed E-state index contributed by atoms with van der Waals surface area (Å²) in [4.78, 5) is 38.9. The third-order valence-electron chi connectivity index (χ3n) is 4.23. The number of fused-ring (bicyclic) bond motifs is 1. The predicted octanol–water partition coefficient (Wildman–Crippen LogP) is -0.194. The normalized spacial score (nSPS) is 17.5. The highest BCUT2D eigenvalue weighted by atomic mass is 16.2. The number of carbonyl (C=O) groups excluding carboxylic acids is 1. The van der Waals surface area contributed by atoms with Gasteiger partial charge in [-0.3, -0.25) is 14.2 Å². The summed E-state index contributed by atoms with van der Waals surface area (Å²) in [5.74, 6) is 0.265. The fraction of sp³-hybridized carbons (Fsp3) is 0.438. The highest BCUT2D eigenvalue weighted by Crippen LogP contribution is 2.10. The molecule has 1 aliphatic heterocycles. The Kier molecular flexibility index (Phi) is 4.57. The molecule has 0 saturated carbocycles. The first-order valence-electron chi connectivity index (χ1n) is 7.84. The first-order valence-corrected chi connectivity index (χ1v) is 7.84. The first kappa shape index (κ1) is 15.5. The van der Waals surface area contributed by atoms with Gasteiger partial charge >= 0.3 is 5.69 Å². The number of carbonyl (C=O) groups is 1. The molecule has 122 valence electrons. The number of nitrogens with zero attached hydrogens (tertiary/aromatic N) is 1. The number of rotatable bonds is 5. The van der Waals surface area contributed by atoms with Crippen LogP contribution in [0.2, 0.25) is 0 Å². The first-order chi connectivity index (χ1) is 11.1. The summed E-state index contributed by atoms with van der Waals surface area (Å²) in [5.41, 5.74) is -0.531. The van der Waals surface area contributed by atoms with Gasteiger partial charge in [0.05, 0.1) is 10.9 Å². The Balaban J connectivity index is 1.67. The number of hydrogen-bond donors (Lipinski definition) is 3. The standard InChI is InChI=1S/C16H20N4O3/c21-14(18-8-6-11-5-7-17-9-11)10-20-15(22)12-3-1-2-4-13(12)19-16(20)23/h1-4,11,17H,5-10H2,(H,18,21)(H,19,23). The topological polar surface area (TPSA) is 96.0 Å². The molecule has 0 spiro atoms. The molecule has 2 heterocycles. The second-order valence-electron chi connectivity index (χ2n) is 5.86. The van der Waals surface area contributed by atoms with Gasteiger partial charge in [0.1, 0.15) is 6.54 Å². The molecule has 3 rings (SSSR count). The number of H-pyrrole nitrogens is 1. The van der Waals surface area contributed by atoms with Crippen molar-refractivity contribution in [1.29, 1.82) is 0 Å². The van der Waals surface area contributed by atoms with Crippen LogP contribution in [0.3, 0.4) is 0 Å². The molecule has 23 heavy (non-hydrogen) atoms. The maximum Gasteiger partial charge on any atom is 0.329 e. The highest BCUT2D eigenvalue weighted by molar-refractivity contribution is 5.78. The van der Waals surface area contributed by atoms with Gasteiger partial charge in [-0.05, 0) is 44.0 Å². The zero-order chi connectivity index (χ0) is 16.2. The second kappa shape index (κ2) is 6.78. The van der Waals surface area contributed by atoms with E-state index in [1.54, 1.807) is 24.3 Å². The number of amides is 1. The predicted molar refractivity (Wildman–Crippen MR) is 87.4 cm³/mol. The molecule has 1 aromatic heterocycles. The van der Waals surface area contributed by atoms with Crippen molar-refractivity contribution in [3.8, 4) is 0 Å². The molecule has 1 aliphatic rings. The number of para-hydroxylation sites is 1. The minimum absolute atomic E-state index is 0.262. The SMILES string of the molecule is O=C(Cn1c(=O)[nH]c2ccccc2c1=O)NCCC1CCNC1. The minimum Gasteiger partial charge on any atom is -0.355 e. The third-order valence-corrected chi connectivity index (χ3v) is 4.23. The number of benzene rings is 1. The van der Waals surface area contributed by atoms with Crippen LogP contribution in [0.4, 0.5) is 0 Å². The molecule has 0 bridgehead atoms. The number of aromatic nitrogens is 2. The Morgan fingerprint density at radius 3 is 2.91 bits per heavy atom.